The Morgan fingerprint density at radius 3 is 2.44 bits per heavy atom. The summed E-state index contributed by atoms with van der Waals surface area (Å²) in [4.78, 5) is 12.1. The zero-order valence-corrected chi connectivity index (χ0v) is 16.5. The molecule has 0 bridgehead atoms. The number of aryl methyl sites for hydroxylation is 2. The van der Waals surface area contributed by atoms with Crippen LogP contribution in [0.1, 0.15) is 24.0 Å². The van der Waals surface area contributed by atoms with Gasteiger partial charge in [0.15, 0.2) is 6.61 Å². The fraction of sp³-hybridized carbons (Fsp3) is 0.278. The van der Waals surface area contributed by atoms with Crippen molar-refractivity contribution in [2.75, 3.05) is 6.61 Å². The molecule has 3 rings (SSSR count). The second-order valence-corrected chi connectivity index (χ2v) is 8.84. The van der Waals surface area contributed by atoms with Crippen LogP contribution < -0.4 is 9.46 Å². The van der Waals surface area contributed by atoms with Gasteiger partial charge in [0.25, 0.3) is 15.9 Å². The maximum Gasteiger partial charge on any atom is 0.271 e. The molecule has 2 aromatic carbocycles. The van der Waals surface area contributed by atoms with Crippen LogP contribution in [0.2, 0.25) is 0 Å². The van der Waals surface area contributed by atoms with E-state index < -0.39 is 15.9 Å². The van der Waals surface area contributed by atoms with Crippen LogP contribution in [0.25, 0.3) is 0 Å². The van der Waals surface area contributed by atoms with Crippen molar-refractivity contribution in [1.29, 1.82) is 0 Å². The maximum atomic E-state index is 12.4. The second-order valence-electron chi connectivity index (χ2n) is 5.91. The van der Waals surface area contributed by atoms with Gasteiger partial charge in [-0.3, -0.25) is 4.79 Å². The smallest absolute Gasteiger partial charge is 0.271 e. The summed E-state index contributed by atoms with van der Waals surface area (Å²) < 4.78 is 33.2. The minimum absolute atomic E-state index is 0.121. The Kier molecular flexibility index (Phi) is 5.63. The molecule has 0 radical (unpaired) electrons. The SMILES string of the molecule is O=C(COc1ccc(I)cc1)NS(=O)(=O)c1ccc2c(c1)CCCC2. The number of fused-ring (bicyclic) bond motifs is 1. The van der Waals surface area contributed by atoms with Gasteiger partial charge < -0.3 is 4.74 Å². The molecule has 5 nitrogen and oxygen atoms in total. The maximum absolute atomic E-state index is 12.4. The fourth-order valence-corrected chi connectivity index (χ4v) is 4.18. The average molecular weight is 471 g/mol. The van der Waals surface area contributed by atoms with E-state index in [0.717, 1.165) is 34.8 Å². The van der Waals surface area contributed by atoms with E-state index in [1.807, 2.05) is 18.2 Å². The lowest BCUT2D eigenvalue weighted by atomic mass is 9.92. The molecule has 0 spiro atoms. The summed E-state index contributed by atoms with van der Waals surface area (Å²) in [6, 6.07) is 12.2. The number of amides is 1. The highest BCUT2D eigenvalue weighted by atomic mass is 127. The normalized spacial score (nSPS) is 13.8. The highest BCUT2D eigenvalue weighted by Crippen LogP contribution is 2.24. The minimum atomic E-state index is -3.88. The van der Waals surface area contributed by atoms with Crippen LogP contribution in [0.3, 0.4) is 0 Å². The molecular weight excluding hydrogens is 453 g/mol. The molecule has 25 heavy (non-hydrogen) atoms. The van der Waals surface area contributed by atoms with Crippen molar-refractivity contribution in [3.8, 4) is 5.75 Å². The lowest BCUT2D eigenvalue weighted by Gasteiger charge is -2.16. The van der Waals surface area contributed by atoms with E-state index in [9.17, 15) is 13.2 Å². The van der Waals surface area contributed by atoms with Crippen molar-refractivity contribution in [1.82, 2.24) is 4.72 Å². The molecule has 0 atom stereocenters. The first kappa shape index (κ1) is 18.2. The first-order valence-corrected chi connectivity index (χ1v) is 10.6. The van der Waals surface area contributed by atoms with Gasteiger partial charge in [-0.25, -0.2) is 13.1 Å². The number of carbonyl (C=O) groups excluding carboxylic acids is 1. The summed E-state index contributed by atoms with van der Waals surface area (Å²) in [5, 5.41) is 0. The van der Waals surface area contributed by atoms with E-state index >= 15 is 0 Å². The van der Waals surface area contributed by atoms with Crippen molar-refractivity contribution in [2.45, 2.75) is 30.6 Å². The van der Waals surface area contributed by atoms with Crippen LogP contribution in [0.5, 0.6) is 5.75 Å². The number of hydrogen-bond donors (Lipinski definition) is 1. The number of benzene rings is 2. The Morgan fingerprint density at radius 1 is 1.04 bits per heavy atom. The average Bonchev–Trinajstić information content (AvgIpc) is 2.60. The highest BCUT2D eigenvalue weighted by Gasteiger charge is 2.20. The summed E-state index contributed by atoms with van der Waals surface area (Å²) in [6.45, 7) is -0.356. The molecule has 0 aliphatic heterocycles. The van der Waals surface area contributed by atoms with E-state index in [0.29, 0.717) is 5.75 Å². The molecule has 0 saturated heterocycles. The van der Waals surface area contributed by atoms with Crippen molar-refractivity contribution in [3.63, 3.8) is 0 Å². The summed E-state index contributed by atoms with van der Waals surface area (Å²) in [6.07, 6.45) is 4.05. The minimum Gasteiger partial charge on any atom is -0.484 e. The van der Waals surface area contributed by atoms with Crippen LogP contribution >= 0.6 is 22.6 Å². The lowest BCUT2D eigenvalue weighted by Crippen LogP contribution is -2.34. The highest BCUT2D eigenvalue weighted by molar-refractivity contribution is 14.1. The zero-order chi connectivity index (χ0) is 17.9. The summed E-state index contributed by atoms with van der Waals surface area (Å²) in [5.41, 5.74) is 2.25. The first-order valence-electron chi connectivity index (χ1n) is 8.00. The zero-order valence-electron chi connectivity index (χ0n) is 13.5. The van der Waals surface area contributed by atoms with Crippen LogP contribution in [-0.2, 0) is 27.7 Å². The molecule has 2 aromatic rings. The van der Waals surface area contributed by atoms with E-state index in [1.165, 1.54) is 5.56 Å². The van der Waals surface area contributed by atoms with Crippen LogP contribution in [0.15, 0.2) is 47.4 Å². The Balaban J connectivity index is 1.64. The number of halogens is 1. The van der Waals surface area contributed by atoms with Gasteiger partial charge in [-0.1, -0.05) is 6.07 Å². The Labute approximate surface area is 161 Å². The second kappa shape index (κ2) is 7.74. The van der Waals surface area contributed by atoms with Crippen molar-refractivity contribution in [2.24, 2.45) is 0 Å². The Morgan fingerprint density at radius 2 is 1.72 bits per heavy atom. The third kappa shape index (κ3) is 4.72. The van der Waals surface area contributed by atoms with Gasteiger partial charge in [0.05, 0.1) is 4.90 Å². The Bertz CT molecular complexity index is 878. The molecule has 132 valence electrons. The van der Waals surface area contributed by atoms with Crippen molar-refractivity contribution >= 4 is 38.5 Å². The number of carbonyl (C=O) groups is 1. The largest absolute Gasteiger partial charge is 0.484 e. The van der Waals surface area contributed by atoms with Gasteiger partial charge in [0.2, 0.25) is 0 Å². The molecule has 1 aliphatic carbocycles. The van der Waals surface area contributed by atoms with Crippen molar-refractivity contribution < 1.29 is 17.9 Å². The molecule has 0 unspecified atom stereocenters. The van der Waals surface area contributed by atoms with E-state index in [4.69, 9.17) is 4.74 Å². The standard InChI is InChI=1S/C18H18INO4S/c19-15-6-8-16(9-7-15)24-12-18(21)20-25(22,23)17-10-5-13-3-1-2-4-14(13)11-17/h5-11H,1-4,12H2,(H,20,21). The number of sulfonamides is 1. The van der Waals surface area contributed by atoms with Gasteiger partial charge >= 0.3 is 0 Å². The molecule has 0 aromatic heterocycles. The molecule has 1 amide bonds. The third-order valence-electron chi connectivity index (χ3n) is 4.06. The number of hydrogen-bond acceptors (Lipinski definition) is 4. The van der Waals surface area contributed by atoms with Gasteiger partial charge in [-0.15, -0.1) is 0 Å². The van der Waals surface area contributed by atoms with Crippen LogP contribution in [0.4, 0.5) is 0 Å². The molecular formula is C18H18INO4S. The predicted molar refractivity (Wildman–Crippen MR) is 103 cm³/mol. The number of rotatable bonds is 5. The first-order chi connectivity index (χ1) is 11.9. The number of nitrogens with one attached hydrogen (secondary N) is 1. The lowest BCUT2D eigenvalue weighted by molar-refractivity contribution is -0.121. The summed E-state index contributed by atoms with van der Waals surface area (Å²) >= 11 is 2.16. The van der Waals surface area contributed by atoms with Crippen LogP contribution in [-0.4, -0.2) is 20.9 Å². The molecule has 0 saturated carbocycles. The predicted octanol–water partition coefficient (Wildman–Crippen LogP) is 3.05. The van der Waals surface area contributed by atoms with Gasteiger partial charge in [0, 0.05) is 3.57 Å². The molecule has 0 heterocycles. The quantitative estimate of drug-likeness (QED) is 0.681. The topological polar surface area (TPSA) is 72.5 Å². The van der Waals surface area contributed by atoms with E-state index in [2.05, 4.69) is 27.3 Å². The monoisotopic (exact) mass is 471 g/mol. The summed E-state index contributed by atoms with van der Waals surface area (Å²) in [5.74, 6) is -0.182. The van der Waals surface area contributed by atoms with Crippen LogP contribution in [0, 0.1) is 3.57 Å². The van der Waals surface area contributed by atoms with E-state index in [1.54, 1.807) is 24.3 Å². The molecule has 1 aliphatic rings. The molecule has 7 heteroatoms. The molecule has 0 fully saturated rings. The van der Waals surface area contributed by atoms with Gasteiger partial charge in [-0.2, -0.15) is 0 Å². The summed E-state index contributed by atoms with van der Waals surface area (Å²) in [7, 11) is -3.88. The third-order valence-corrected chi connectivity index (χ3v) is 6.15. The molecule has 1 N–H and O–H groups in total. The Hall–Kier alpha value is -1.61. The van der Waals surface area contributed by atoms with Gasteiger partial charge in [0.1, 0.15) is 5.75 Å². The number of ether oxygens (including phenoxy) is 1. The van der Waals surface area contributed by atoms with E-state index in [-0.39, 0.29) is 11.5 Å². The van der Waals surface area contributed by atoms with Crippen molar-refractivity contribution in [3.05, 3.63) is 57.2 Å². The fourth-order valence-electron chi connectivity index (χ4n) is 2.79. The van der Waals surface area contributed by atoms with Gasteiger partial charge in [-0.05, 0) is 95.8 Å².